The van der Waals surface area contributed by atoms with Gasteiger partial charge in [-0.25, -0.2) is 4.98 Å². The molecule has 0 aliphatic carbocycles. The number of amides is 2. The number of aromatic nitrogens is 2. The molecule has 6 nitrogen and oxygen atoms in total. The van der Waals surface area contributed by atoms with Crippen LogP contribution in [0.3, 0.4) is 0 Å². The predicted molar refractivity (Wildman–Crippen MR) is 99.9 cm³/mol. The van der Waals surface area contributed by atoms with Crippen LogP contribution in [0.5, 0.6) is 0 Å². The molecule has 0 bridgehead atoms. The van der Waals surface area contributed by atoms with Crippen molar-refractivity contribution in [1.29, 1.82) is 0 Å². The summed E-state index contributed by atoms with van der Waals surface area (Å²) in [4.78, 5) is 28.4. The number of benzene rings is 1. The van der Waals surface area contributed by atoms with E-state index in [0.717, 1.165) is 17.6 Å². The van der Waals surface area contributed by atoms with Crippen LogP contribution >= 0.6 is 11.3 Å². The van der Waals surface area contributed by atoms with E-state index in [2.05, 4.69) is 15.6 Å². The van der Waals surface area contributed by atoms with Gasteiger partial charge >= 0.3 is 0 Å². The first-order chi connectivity index (χ1) is 12.2. The Morgan fingerprint density at radius 3 is 2.84 bits per heavy atom. The van der Waals surface area contributed by atoms with Crippen LogP contribution in [0, 0.1) is 0 Å². The minimum atomic E-state index is -0.102. The number of hydrogen-bond donors (Lipinski definition) is 2. The molecule has 0 saturated heterocycles. The summed E-state index contributed by atoms with van der Waals surface area (Å²) in [6.45, 7) is 3.21. The Bertz CT molecular complexity index is 870. The van der Waals surface area contributed by atoms with Crippen molar-refractivity contribution in [2.75, 3.05) is 11.9 Å². The normalized spacial score (nSPS) is 10.8. The molecule has 0 aliphatic rings. The van der Waals surface area contributed by atoms with E-state index in [9.17, 15) is 9.59 Å². The van der Waals surface area contributed by atoms with Crippen LogP contribution in [0.25, 0.3) is 11.0 Å². The highest BCUT2D eigenvalue weighted by Crippen LogP contribution is 2.19. The van der Waals surface area contributed by atoms with Crippen molar-refractivity contribution in [3.8, 4) is 0 Å². The number of aryl methyl sites for hydroxylation is 1. The van der Waals surface area contributed by atoms with Gasteiger partial charge in [0.25, 0.3) is 5.91 Å². The molecule has 3 aromatic rings. The number of carbonyl (C=O) groups is 2. The third-order valence-electron chi connectivity index (χ3n) is 3.87. The molecule has 0 unspecified atom stereocenters. The minimum Gasteiger partial charge on any atom is -0.352 e. The predicted octanol–water partition coefficient (Wildman–Crippen LogP) is 3.27. The molecular weight excluding hydrogens is 336 g/mol. The van der Waals surface area contributed by atoms with Gasteiger partial charge in [0.1, 0.15) is 0 Å². The van der Waals surface area contributed by atoms with E-state index in [-0.39, 0.29) is 11.8 Å². The Morgan fingerprint density at radius 2 is 2.08 bits per heavy atom. The van der Waals surface area contributed by atoms with Crippen LogP contribution in [0.15, 0.2) is 41.1 Å². The fraction of sp³-hybridized carbons (Fsp3) is 0.278. The molecule has 25 heavy (non-hydrogen) atoms. The number of nitrogens with zero attached hydrogens (tertiary/aromatic N) is 2. The Labute approximate surface area is 149 Å². The number of carbonyl (C=O) groups excluding carboxylic acids is 2. The highest BCUT2D eigenvalue weighted by Gasteiger charge is 2.12. The maximum absolute atomic E-state index is 12.2. The number of anilines is 1. The maximum Gasteiger partial charge on any atom is 0.252 e. The number of thiophene rings is 1. The first-order valence-electron chi connectivity index (χ1n) is 8.24. The van der Waals surface area contributed by atoms with Crippen LogP contribution in [-0.2, 0) is 11.3 Å². The van der Waals surface area contributed by atoms with Crippen molar-refractivity contribution in [2.45, 2.75) is 26.3 Å². The number of fused-ring (bicyclic) bond motifs is 1. The van der Waals surface area contributed by atoms with Gasteiger partial charge in [0.15, 0.2) is 0 Å². The lowest BCUT2D eigenvalue weighted by atomic mass is 10.2. The average molecular weight is 356 g/mol. The van der Waals surface area contributed by atoms with Crippen molar-refractivity contribution in [1.82, 2.24) is 14.9 Å². The van der Waals surface area contributed by atoms with Crippen LogP contribution in [0.2, 0.25) is 0 Å². The fourth-order valence-electron chi connectivity index (χ4n) is 2.62. The summed E-state index contributed by atoms with van der Waals surface area (Å²) in [6.07, 6.45) is 0.908. The standard InChI is InChI=1S/C18H20N4O2S/c1-2-22-15-7-4-3-6-14(15)20-18(22)21-16(23)8-5-10-19-17(24)13-9-11-25-12-13/h3-4,6-7,9,11-12H,2,5,8,10H2,1H3,(H,19,24)(H,20,21,23). The van der Waals surface area contributed by atoms with Gasteiger partial charge in [-0.05, 0) is 36.9 Å². The van der Waals surface area contributed by atoms with E-state index >= 15 is 0 Å². The summed E-state index contributed by atoms with van der Waals surface area (Å²) in [5.74, 6) is 0.361. The second kappa shape index (κ2) is 7.94. The van der Waals surface area contributed by atoms with Crippen molar-refractivity contribution in [3.63, 3.8) is 0 Å². The largest absolute Gasteiger partial charge is 0.352 e. The summed E-state index contributed by atoms with van der Waals surface area (Å²) in [5.41, 5.74) is 2.53. The molecule has 0 fully saturated rings. The van der Waals surface area contributed by atoms with Gasteiger partial charge in [0.2, 0.25) is 11.9 Å². The third-order valence-corrected chi connectivity index (χ3v) is 4.55. The smallest absolute Gasteiger partial charge is 0.252 e. The summed E-state index contributed by atoms with van der Waals surface area (Å²) >= 11 is 1.48. The molecular formula is C18H20N4O2S. The van der Waals surface area contributed by atoms with E-state index in [1.165, 1.54) is 11.3 Å². The van der Waals surface area contributed by atoms with E-state index in [4.69, 9.17) is 0 Å². The molecule has 2 amide bonds. The lowest BCUT2D eigenvalue weighted by Crippen LogP contribution is -2.25. The molecule has 2 heterocycles. The van der Waals surface area contributed by atoms with Crippen molar-refractivity contribution >= 4 is 40.1 Å². The summed E-state index contributed by atoms with van der Waals surface area (Å²) in [7, 11) is 0. The Balaban J connectivity index is 1.50. The fourth-order valence-corrected chi connectivity index (χ4v) is 3.26. The van der Waals surface area contributed by atoms with Crippen LogP contribution in [0.1, 0.15) is 30.1 Å². The van der Waals surface area contributed by atoms with Gasteiger partial charge in [0.05, 0.1) is 11.0 Å². The molecule has 0 spiro atoms. The zero-order chi connectivity index (χ0) is 17.6. The molecule has 2 aromatic heterocycles. The molecule has 3 rings (SSSR count). The van der Waals surface area contributed by atoms with Gasteiger partial charge < -0.3 is 9.88 Å². The zero-order valence-corrected chi connectivity index (χ0v) is 14.8. The van der Waals surface area contributed by atoms with E-state index in [1.807, 2.05) is 41.1 Å². The highest BCUT2D eigenvalue weighted by molar-refractivity contribution is 7.08. The van der Waals surface area contributed by atoms with Gasteiger partial charge in [-0.15, -0.1) is 0 Å². The van der Waals surface area contributed by atoms with E-state index in [0.29, 0.717) is 30.9 Å². The van der Waals surface area contributed by atoms with Crippen molar-refractivity contribution in [2.24, 2.45) is 0 Å². The van der Waals surface area contributed by atoms with Crippen molar-refractivity contribution in [3.05, 3.63) is 46.7 Å². The Kier molecular flexibility index (Phi) is 5.45. The number of nitrogens with one attached hydrogen (secondary N) is 2. The van der Waals surface area contributed by atoms with Gasteiger partial charge in [-0.1, -0.05) is 12.1 Å². The molecule has 0 atom stereocenters. The van der Waals surface area contributed by atoms with E-state index < -0.39 is 0 Å². The summed E-state index contributed by atoms with van der Waals surface area (Å²) in [6, 6.07) is 9.58. The number of rotatable bonds is 7. The second-order valence-electron chi connectivity index (χ2n) is 5.59. The lowest BCUT2D eigenvalue weighted by molar-refractivity contribution is -0.116. The molecule has 1 aromatic carbocycles. The quantitative estimate of drug-likeness (QED) is 0.638. The first kappa shape index (κ1) is 17.2. The SMILES string of the molecule is CCn1c(NC(=O)CCCNC(=O)c2ccsc2)nc2ccccc21. The summed E-state index contributed by atoms with van der Waals surface area (Å²) in [5, 5.41) is 9.35. The number of hydrogen-bond acceptors (Lipinski definition) is 4. The molecule has 7 heteroatoms. The van der Waals surface area contributed by atoms with Crippen LogP contribution in [0.4, 0.5) is 5.95 Å². The Morgan fingerprint density at radius 1 is 1.24 bits per heavy atom. The topological polar surface area (TPSA) is 76.0 Å². The second-order valence-corrected chi connectivity index (χ2v) is 6.37. The molecule has 0 saturated carbocycles. The average Bonchev–Trinajstić information content (AvgIpc) is 3.25. The lowest BCUT2D eigenvalue weighted by Gasteiger charge is -2.08. The van der Waals surface area contributed by atoms with Crippen LogP contribution in [-0.4, -0.2) is 27.9 Å². The molecule has 130 valence electrons. The van der Waals surface area contributed by atoms with Crippen molar-refractivity contribution < 1.29 is 9.59 Å². The number of para-hydroxylation sites is 2. The first-order valence-corrected chi connectivity index (χ1v) is 9.19. The zero-order valence-electron chi connectivity index (χ0n) is 14.0. The molecule has 0 radical (unpaired) electrons. The van der Waals surface area contributed by atoms with Gasteiger partial charge in [0, 0.05) is 30.5 Å². The number of imidazole rings is 1. The molecule has 2 N–H and O–H groups in total. The third kappa shape index (κ3) is 4.06. The maximum atomic E-state index is 12.2. The Hall–Kier alpha value is -2.67. The van der Waals surface area contributed by atoms with Crippen LogP contribution < -0.4 is 10.6 Å². The van der Waals surface area contributed by atoms with E-state index in [1.54, 1.807) is 11.4 Å². The molecule has 0 aliphatic heterocycles. The highest BCUT2D eigenvalue weighted by atomic mass is 32.1. The summed E-state index contributed by atoms with van der Waals surface area (Å²) < 4.78 is 1.98. The monoisotopic (exact) mass is 356 g/mol. The van der Waals surface area contributed by atoms with Gasteiger partial charge in [-0.2, -0.15) is 11.3 Å². The minimum absolute atomic E-state index is 0.102. The van der Waals surface area contributed by atoms with Gasteiger partial charge in [-0.3, -0.25) is 14.9 Å².